The number of nitrogens with one attached hydrogen (secondary N) is 2. The molecular weight excluding hydrogens is 424 g/mol. The van der Waals surface area contributed by atoms with Crippen molar-refractivity contribution in [3.05, 3.63) is 64.2 Å². The molecule has 32 heavy (non-hydrogen) atoms. The van der Waals surface area contributed by atoms with Crippen LogP contribution in [0.3, 0.4) is 0 Å². The van der Waals surface area contributed by atoms with Crippen molar-refractivity contribution in [2.75, 3.05) is 13.6 Å². The van der Waals surface area contributed by atoms with Gasteiger partial charge in [0, 0.05) is 19.5 Å². The second-order valence-corrected chi connectivity index (χ2v) is 9.60. The van der Waals surface area contributed by atoms with Gasteiger partial charge in [-0.3, -0.25) is 4.79 Å². The van der Waals surface area contributed by atoms with Crippen LogP contribution in [0.1, 0.15) is 54.7 Å². The largest absolute Gasteiger partial charge is 0.487 e. The molecule has 0 radical (unpaired) electrons. The van der Waals surface area contributed by atoms with Crippen LogP contribution in [-0.2, 0) is 17.8 Å². The van der Waals surface area contributed by atoms with E-state index in [1.807, 2.05) is 19.2 Å². The molecule has 0 aromatic heterocycles. The molecule has 2 fully saturated rings. The first kappa shape index (κ1) is 23.1. The molecule has 2 aromatic rings. The Morgan fingerprint density at radius 2 is 1.97 bits per heavy atom. The van der Waals surface area contributed by atoms with E-state index < -0.39 is 12.0 Å². The van der Waals surface area contributed by atoms with Crippen molar-refractivity contribution >= 4 is 17.6 Å². The van der Waals surface area contributed by atoms with Crippen LogP contribution < -0.4 is 15.4 Å². The molecule has 1 aliphatic carbocycles. The predicted octanol–water partition coefficient (Wildman–Crippen LogP) is 4.77. The minimum absolute atomic E-state index is 0.169. The first-order valence-electron chi connectivity index (χ1n) is 11.7. The number of hydrogen-bond donors (Lipinski definition) is 3. The van der Waals surface area contributed by atoms with Gasteiger partial charge in [0.15, 0.2) is 0 Å². The van der Waals surface area contributed by atoms with Gasteiger partial charge in [-0.2, -0.15) is 0 Å². The van der Waals surface area contributed by atoms with Gasteiger partial charge < -0.3 is 20.5 Å². The second kappa shape index (κ2) is 10.7. The summed E-state index contributed by atoms with van der Waals surface area (Å²) in [5.74, 6) is 1.15. The molecule has 6 heteroatoms. The third-order valence-electron chi connectivity index (χ3n) is 6.91. The average molecular weight is 457 g/mol. The van der Waals surface area contributed by atoms with Crippen LogP contribution in [0.15, 0.2) is 42.5 Å². The second-order valence-electron chi connectivity index (χ2n) is 9.19. The molecule has 0 bridgehead atoms. The minimum Gasteiger partial charge on any atom is -0.487 e. The van der Waals surface area contributed by atoms with Crippen LogP contribution in [0.4, 0.5) is 0 Å². The van der Waals surface area contributed by atoms with E-state index in [2.05, 4.69) is 41.0 Å². The smallest absolute Gasteiger partial charge is 0.320 e. The van der Waals surface area contributed by atoms with Crippen LogP contribution in [0.5, 0.6) is 5.75 Å². The van der Waals surface area contributed by atoms with Crippen molar-refractivity contribution in [3.8, 4) is 5.75 Å². The van der Waals surface area contributed by atoms with Gasteiger partial charge in [-0.25, -0.2) is 0 Å². The molecule has 1 aliphatic heterocycles. The summed E-state index contributed by atoms with van der Waals surface area (Å²) in [5, 5.41) is 16.0. The van der Waals surface area contributed by atoms with Gasteiger partial charge >= 0.3 is 5.97 Å². The Labute approximate surface area is 195 Å². The third-order valence-corrected chi connectivity index (χ3v) is 7.22. The minimum atomic E-state index is -0.833. The molecule has 0 unspecified atom stereocenters. The fraction of sp³-hybridized carbons (Fsp3) is 0.500. The lowest BCUT2D eigenvalue weighted by Gasteiger charge is -2.30. The van der Waals surface area contributed by atoms with Crippen LogP contribution in [0, 0.1) is 5.92 Å². The van der Waals surface area contributed by atoms with Gasteiger partial charge in [0.05, 0.1) is 5.02 Å². The molecule has 2 aromatic carbocycles. The zero-order valence-corrected chi connectivity index (χ0v) is 19.4. The zero-order valence-electron chi connectivity index (χ0n) is 18.6. The number of carbonyl (C=O) groups is 1. The first-order chi connectivity index (χ1) is 15.5. The van der Waals surface area contributed by atoms with Gasteiger partial charge in [0.2, 0.25) is 0 Å². The highest BCUT2D eigenvalue weighted by molar-refractivity contribution is 6.32. The average Bonchev–Trinajstić information content (AvgIpc) is 3.26. The van der Waals surface area contributed by atoms with Crippen LogP contribution in [0.2, 0.25) is 5.02 Å². The monoisotopic (exact) mass is 456 g/mol. The summed E-state index contributed by atoms with van der Waals surface area (Å²) in [7, 11) is 2.01. The van der Waals surface area contributed by atoms with Crippen molar-refractivity contribution in [2.24, 2.45) is 5.92 Å². The maximum atomic E-state index is 11.2. The van der Waals surface area contributed by atoms with Crippen molar-refractivity contribution < 1.29 is 14.6 Å². The van der Waals surface area contributed by atoms with E-state index in [9.17, 15) is 4.79 Å². The molecule has 5 nitrogen and oxygen atoms in total. The highest BCUT2D eigenvalue weighted by atomic mass is 35.5. The fourth-order valence-electron chi connectivity index (χ4n) is 5.22. The van der Waals surface area contributed by atoms with Gasteiger partial charge in [-0.05, 0) is 79.8 Å². The summed E-state index contributed by atoms with van der Waals surface area (Å²) in [6.45, 7) is 1.45. The maximum absolute atomic E-state index is 11.2. The number of carboxylic acids is 1. The van der Waals surface area contributed by atoms with Crippen molar-refractivity contribution in [2.45, 2.75) is 63.1 Å². The van der Waals surface area contributed by atoms with Crippen LogP contribution >= 0.6 is 11.6 Å². The summed E-state index contributed by atoms with van der Waals surface area (Å²) in [6, 6.07) is 14.3. The number of carboxylic acid groups (broad SMARTS) is 1. The summed E-state index contributed by atoms with van der Waals surface area (Å²) >= 11 is 6.38. The van der Waals surface area contributed by atoms with Crippen molar-refractivity contribution in [1.29, 1.82) is 0 Å². The van der Waals surface area contributed by atoms with Gasteiger partial charge in [0.25, 0.3) is 0 Å². The summed E-state index contributed by atoms with van der Waals surface area (Å²) in [6.07, 6.45) is 6.22. The highest BCUT2D eigenvalue weighted by Crippen LogP contribution is 2.39. The molecule has 2 atom stereocenters. The number of aliphatic carboxylic acids is 1. The Bertz CT molecular complexity index is 927. The van der Waals surface area contributed by atoms with Gasteiger partial charge in [-0.1, -0.05) is 41.9 Å². The van der Waals surface area contributed by atoms with Gasteiger partial charge in [0.1, 0.15) is 17.9 Å². The van der Waals surface area contributed by atoms with Crippen LogP contribution in [-0.4, -0.2) is 36.8 Å². The Balaban J connectivity index is 1.34. The number of benzene rings is 2. The molecule has 1 saturated heterocycles. The van der Waals surface area contributed by atoms with E-state index in [-0.39, 0.29) is 6.10 Å². The number of hydrogen-bond acceptors (Lipinski definition) is 4. The standard InChI is InChI=1S/C26H33ClN2O3/c1-28-15-20-4-2-3-5-22(20)19-9-6-17(7-10-19)12-18-8-11-23(27)25(13-18)32-21-14-24(26(30)31)29-16-21/h2-5,8,11,13,17,19,21,24,28-29H,6-7,9-10,12,14-16H2,1H3,(H,30,31)/t17-,19-,21-,24-/m0/s1. The van der Waals surface area contributed by atoms with E-state index in [0.29, 0.717) is 35.6 Å². The number of halogens is 1. The molecule has 172 valence electrons. The van der Waals surface area contributed by atoms with Crippen LogP contribution in [0.25, 0.3) is 0 Å². The molecule has 1 saturated carbocycles. The molecular formula is C26H33ClN2O3. The number of rotatable bonds is 8. The topological polar surface area (TPSA) is 70.6 Å². The molecule has 0 amide bonds. The van der Waals surface area contributed by atoms with Crippen molar-refractivity contribution in [3.63, 3.8) is 0 Å². The lowest BCUT2D eigenvalue weighted by Crippen LogP contribution is -2.30. The lowest BCUT2D eigenvalue weighted by molar-refractivity contribution is -0.139. The Kier molecular flexibility index (Phi) is 7.71. The van der Waals surface area contributed by atoms with E-state index in [0.717, 1.165) is 13.0 Å². The number of ether oxygens (including phenoxy) is 1. The lowest BCUT2D eigenvalue weighted by atomic mass is 9.75. The van der Waals surface area contributed by atoms with E-state index in [4.69, 9.17) is 21.4 Å². The molecule has 0 spiro atoms. The Morgan fingerprint density at radius 3 is 2.69 bits per heavy atom. The summed E-state index contributed by atoms with van der Waals surface area (Å²) in [5.41, 5.74) is 4.17. The summed E-state index contributed by atoms with van der Waals surface area (Å²) in [4.78, 5) is 11.2. The molecule has 1 heterocycles. The molecule has 3 N–H and O–H groups in total. The predicted molar refractivity (Wildman–Crippen MR) is 128 cm³/mol. The fourth-order valence-corrected chi connectivity index (χ4v) is 5.38. The Morgan fingerprint density at radius 1 is 1.19 bits per heavy atom. The molecule has 2 aliphatic rings. The molecule has 4 rings (SSSR count). The maximum Gasteiger partial charge on any atom is 0.320 e. The van der Waals surface area contributed by atoms with Crippen molar-refractivity contribution in [1.82, 2.24) is 10.6 Å². The Hall–Kier alpha value is -2.08. The van der Waals surface area contributed by atoms with Gasteiger partial charge in [-0.15, -0.1) is 0 Å². The highest BCUT2D eigenvalue weighted by Gasteiger charge is 2.31. The normalized spacial score (nSPS) is 25.6. The van der Waals surface area contributed by atoms with E-state index >= 15 is 0 Å². The van der Waals surface area contributed by atoms with E-state index in [1.54, 1.807) is 0 Å². The SMILES string of the molecule is CNCc1ccccc1[C@H]1CC[C@H](Cc2ccc(Cl)c(O[C@@H]3CN[C@H](C(=O)O)C3)c2)CC1. The quantitative estimate of drug-likeness (QED) is 0.533. The zero-order chi connectivity index (χ0) is 22.5. The summed E-state index contributed by atoms with van der Waals surface area (Å²) < 4.78 is 6.06. The first-order valence-corrected chi connectivity index (χ1v) is 12.0. The van der Waals surface area contributed by atoms with E-state index in [1.165, 1.54) is 42.4 Å². The third kappa shape index (κ3) is 5.64.